The predicted molar refractivity (Wildman–Crippen MR) is 276 cm³/mol. The first-order valence-corrected chi connectivity index (χ1v) is 31.6. The zero-order valence-electron chi connectivity index (χ0n) is 40.2. The van der Waals surface area contributed by atoms with E-state index < -0.39 is 12.4 Å². The fourth-order valence-corrected chi connectivity index (χ4v) is 12.6. The van der Waals surface area contributed by atoms with Crippen LogP contribution in [0, 0.1) is 24.3 Å². The number of hydrogen-bond donors (Lipinski definition) is 0. The summed E-state index contributed by atoms with van der Waals surface area (Å²) in [6.07, 6.45) is 49.0. The average molecular weight is 1020 g/mol. The van der Waals surface area contributed by atoms with Crippen molar-refractivity contribution >= 4 is 33.1 Å². The Hall–Kier alpha value is -2.76. The van der Waals surface area contributed by atoms with Crippen molar-refractivity contribution in [2.45, 2.75) is 130 Å². The van der Waals surface area contributed by atoms with Crippen molar-refractivity contribution in [3.63, 3.8) is 0 Å². The summed E-state index contributed by atoms with van der Waals surface area (Å²) in [5.41, 5.74) is 5.66. The van der Waals surface area contributed by atoms with Gasteiger partial charge in [-0.25, -0.2) is 46.6 Å². The molecule has 0 heterocycles. The Morgan fingerprint density at radius 1 is 0.348 bits per heavy atom. The van der Waals surface area contributed by atoms with Crippen molar-refractivity contribution in [1.82, 2.24) is 0 Å². The van der Waals surface area contributed by atoms with Crippen molar-refractivity contribution in [2.75, 3.05) is 0 Å². The molecule has 0 atom stereocenters. The summed E-state index contributed by atoms with van der Waals surface area (Å²) in [5.74, 6) is 0. The van der Waals surface area contributed by atoms with Gasteiger partial charge in [0.25, 0.3) is 0 Å². The van der Waals surface area contributed by atoms with Gasteiger partial charge in [-0.1, -0.05) is 105 Å². The Balaban J connectivity index is 0.000000399. The molecule has 4 aromatic rings. The van der Waals surface area contributed by atoms with Gasteiger partial charge in [0.15, 0.2) is 0 Å². The fourth-order valence-electron chi connectivity index (χ4n) is 6.71. The Bertz CT molecular complexity index is 1830. The zero-order chi connectivity index (χ0) is 45.7. The molecule has 0 aromatic heterocycles. The summed E-state index contributed by atoms with van der Waals surface area (Å²) in [5, 5.41) is 5.90. The molecular weight excluding hydrogens is 943 g/mol. The van der Waals surface area contributed by atoms with Crippen molar-refractivity contribution in [1.29, 1.82) is 0 Å². The molecule has 0 bridgehead atoms. The SMILES string of the molecule is CCCCC1=[C-]CC=C1.CCCCC1=[C-]CC=C1.CCCCC1=[C-]CC=C1.CCCCC1=[C-]CC=C1.[Cl-].[Cl-].[Ti+2]=[Si](c1ccccc1)c1ccccc1.[Ti+2]=[Si](c1ccccc1)c1ccccc1. The van der Waals surface area contributed by atoms with Crippen molar-refractivity contribution in [3.8, 4) is 0 Å². The van der Waals surface area contributed by atoms with Crippen LogP contribution < -0.4 is 45.6 Å². The number of benzene rings is 4. The minimum absolute atomic E-state index is 0. The monoisotopic (exact) mass is 1010 g/mol. The third kappa shape index (κ3) is 27.9. The quantitative estimate of drug-likeness (QED) is 0.0787. The first-order chi connectivity index (χ1) is 31.5. The maximum absolute atomic E-state index is 3.30. The van der Waals surface area contributed by atoms with Gasteiger partial charge in [0.05, 0.1) is 0 Å². The summed E-state index contributed by atoms with van der Waals surface area (Å²) >= 11 is 4.69. The molecule has 4 aliphatic carbocycles. The van der Waals surface area contributed by atoms with E-state index in [1.165, 1.54) is 120 Å². The Morgan fingerprint density at radius 3 is 0.697 bits per heavy atom. The zero-order valence-corrected chi connectivity index (χ0v) is 46.9. The Kier molecular flexibility index (Phi) is 38.3. The van der Waals surface area contributed by atoms with E-state index in [9.17, 15) is 0 Å². The normalized spacial score (nSPS) is 13.1. The summed E-state index contributed by atoms with van der Waals surface area (Å²) < 4.78 is 0. The Morgan fingerprint density at radius 2 is 0.545 bits per heavy atom. The molecule has 0 nitrogen and oxygen atoms in total. The first kappa shape index (κ1) is 61.3. The van der Waals surface area contributed by atoms with Crippen molar-refractivity contribution < 1.29 is 63.2 Å². The van der Waals surface area contributed by atoms with Crippen molar-refractivity contribution in [2.24, 2.45) is 0 Å². The van der Waals surface area contributed by atoms with E-state index >= 15 is 0 Å². The van der Waals surface area contributed by atoms with Crippen LogP contribution in [0.5, 0.6) is 0 Å². The van der Waals surface area contributed by atoms with E-state index in [2.05, 4.69) is 260 Å². The van der Waals surface area contributed by atoms with Gasteiger partial charge >= 0.3 is 193 Å². The molecule has 4 aliphatic rings. The third-order valence-electron chi connectivity index (χ3n) is 10.5. The molecule has 0 N–H and O–H groups in total. The standard InChI is InChI=1S/2C12H10Si.4C9H13.2ClH.2Ti/c2*1-3-7-11(8-4-1)13-12-9-5-2-6-10-12;4*1-2-3-6-9-7-4-5-8-9;;;;/h2*1-10H;4*4,7H,2-3,5-6H2,1H3;2*1H;;/q;;4*-1;;;2*+2/p-2. The molecule has 344 valence electrons. The van der Waals surface area contributed by atoms with Crippen LogP contribution in [-0.2, 0) is 38.3 Å². The average Bonchev–Trinajstić information content (AvgIpc) is 4.24. The second kappa shape index (κ2) is 41.2. The summed E-state index contributed by atoms with van der Waals surface area (Å²) in [7, 11) is 0. The molecule has 0 saturated heterocycles. The van der Waals surface area contributed by atoms with E-state index in [1.54, 1.807) is 0 Å². The predicted octanol–water partition coefficient (Wildman–Crippen LogP) is 8.15. The van der Waals surface area contributed by atoms with Crippen LogP contribution >= 0.6 is 0 Å². The number of rotatable bonds is 16. The molecule has 0 amide bonds. The Labute approximate surface area is 439 Å². The van der Waals surface area contributed by atoms with E-state index in [0.717, 1.165) is 25.7 Å². The van der Waals surface area contributed by atoms with Crippen LogP contribution in [0.1, 0.15) is 130 Å². The molecule has 0 spiro atoms. The van der Waals surface area contributed by atoms with Gasteiger partial charge in [-0.3, -0.25) is 24.3 Å². The second-order valence-electron chi connectivity index (χ2n) is 15.9. The van der Waals surface area contributed by atoms with Crippen LogP contribution in [0.15, 0.2) is 192 Å². The molecule has 0 saturated carbocycles. The summed E-state index contributed by atoms with van der Waals surface area (Å²) in [4.78, 5) is 0. The van der Waals surface area contributed by atoms with Crippen LogP contribution in [-0.4, -0.2) is 12.4 Å². The van der Waals surface area contributed by atoms with Crippen molar-refractivity contribution in [3.05, 3.63) is 217 Å². The molecule has 0 aliphatic heterocycles. The van der Waals surface area contributed by atoms with Gasteiger partial charge in [-0.05, 0) is 0 Å². The molecule has 6 heteroatoms. The fraction of sp³-hybridized carbons (Fsp3) is 0.333. The number of allylic oxidation sites excluding steroid dienone is 16. The summed E-state index contributed by atoms with van der Waals surface area (Å²) in [6.45, 7) is 8.89. The van der Waals surface area contributed by atoms with Gasteiger partial charge < -0.3 is 24.8 Å². The number of unbranched alkanes of at least 4 members (excludes halogenated alkanes) is 4. The van der Waals surface area contributed by atoms with Crippen LogP contribution in [0.3, 0.4) is 0 Å². The maximum atomic E-state index is 3.30. The van der Waals surface area contributed by atoms with Crippen LogP contribution in [0.2, 0.25) is 0 Å². The summed E-state index contributed by atoms with van der Waals surface area (Å²) in [6, 6.07) is 43.0. The molecule has 66 heavy (non-hydrogen) atoms. The first-order valence-electron chi connectivity index (χ1n) is 23.9. The minimum atomic E-state index is -0.545. The molecule has 0 fully saturated rings. The van der Waals surface area contributed by atoms with Gasteiger partial charge in [-0.2, -0.15) is 24.3 Å². The number of hydrogen-bond acceptors (Lipinski definition) is 0. The van der Waals surface area contributed by atoms with E-state index in [-0.39, 0.29) is 24.8 Å². The van der Waals surface area contributed by atoms with Gasteiger partial charge in [0, 0.05) is 0 Å². The number of halogens is 2. The van der Waals surface area contributed by atoms with Gasteiger partial charge in [-0.15, -0.1) is 25.7 Å². The van der Waals surface area contributed by atoms with Gasteiger partial charge in [0.1, 0.15) is 0 Å². The van der Waals surface area contributed by atoms with Crippen LogP contribution in [0.4, 0.5) is 0 Å². The molecule has 4 aromatic carbocycles. The van der Waals surface area contributed by atoms with E-state index in [0.29, 0.717) is 0 Å². The van der Waals surface area contributed by atoms with E-state index in [4.69, 9.17) is 0 Å². The topological polar surface area (TPSA) is 0 Å². The van der Waals surface area contributed by atoms with E-state index in [1.807, 2.05) is 0 Å². The van der Waals surface area contributed by atoms with Gasteiger partial charge in [0.2, 0.25) is 0 Å². The second-order valence-corrected chi connectivity index (χ2v) is 24.4. The molecule has 0 radical (unpaired) electrons. The molecule has 8 rings (SSSR count). The third-order valence-corrected chi connectivity index (χ3v) is 19.6. The molecular formula is C60H72Cl2Si2Ti2-2. The van der Waals surface area contributed by atoms with Crippen LogP contribution in [0.25, 0.3) is 0 Å². The molecule has 0 unspecified atom stereocenters.